The highest BCUT2D eigenvalue weighted by atomic mass is 32.2. The van der Waals surface area contributed by atoms with E-state index >= 15 is 0 Å². The molecule has 0 bridgehead atoms. The minimum absolute atomic E-state index is 0.0966. The molecule has 1 heterocycles. The molecule has 19 heavy (non-hydrogen) atoms. The van der Waals surface area contributed by atoms with Crippen molar-refractivity contribution in [1.29, 1.82) is 0 Å². The van der Waals surface area contributed by atoms with Crippen LogP contribution in [0.2, 0.25) is 0 Å². The smallest absolute Gasteiger partial charge is 0.327 e. The van der Waals surface area contributed by atoms with Crippen LogP contribution in [0.3, 0.4) is 0 Å². The highest BCUT2D eigenvalue weighted by Gasteiger charge is 2.33. The maximum absolute atomic E-state index is 12.0. The summed E-state index contributed by atoms with van der Waals surface area (Å²) in [5, 5.41) is 3.01. The molecule has 1 atom stereocenters. The molecule has 0 saturated carbocycles. The molecule has 1 amide bonds. The third-order valence-electron chi connectivity index (χ3n) is 2.80. The van der Waals surface area contributed by atoms with Crippen LogP contribution in [0, 0.1) is 0 Å². The Hall–Kier alpha value is -1.21. The van der Waals surface area contributed by atoms with E-state index in [0.29, 0.717) is 0 Å². The average molecular weight is 290 g/mol. The standard InChI is InChI=1S/C12H13F3N2OS/c13-12(14,15)19-7-6-17-8-16-10(11(17)18)9-4-2-1-3-5-9/h1-5,10,16H,6-8H2. The monoisotopic (exact) mass is 290 g/mol. The lowest BCUT2D eigenvalue weighted by Crippen LogP contribution is -2.29. The van der Waals surface area contributed by atoms with Crippen LogP contribution in [0.5, 0.6) is 0 Å². The first kappa shape index (κ1) is 14.2. The molecule has 0 aromatic heterocycles. The molecule has 7 heteroatoms. The van der Waals surface area contributed by atoms with E-state index < -0.39 is 11.6 Å². The molecule has 1 aliphatic heterocycles. The summed E-state index contributed by atoms with van der Waals surface area (Å²) in [5.74, 6) is -0.313. The number of carbonyl (C=O) groups is 1. The van der Waals surface area contributed by atoms with Crippen molar-refractivity contribution < 1.29 is 18.0 Å². The van der Waals surface area contributed by atoms with E-state index in [4.69, 9.17) is 0 Å². The number of benzene rings is 1. The lowest BCUT2D eigenvalue weighted by atomic mass is 10.1. The molecule has 0 aliphatic carbocycles. The van der Waals surface area contributed by atoms with Gasteiger partial charge in [-0.15, -0.1) is 0 Å². The number of alkyl halides is 3. The van der Waals surface area contributed by atoms with Gasteiger partial charge < -0.3 is 4.90 Å². The topological polar surface area (TPSA) is 32.3 Å². The van der Waals surface area contributed by atoms with Crippen LogP contribution in [0.1, 0.15) is 11.6 Å². The summed E-state index contributed by atoms with van der Waals surface area (Å²) in [4.78, 5) is 13.4. The molecule has 3 nitrogen and oxygen atoms in total. The molecule has 104 valence electrons. The summed E-state index contributed by atoms with van der Waals surface area (Å²) in [7, 11) is 0. The van der Waals surface area contributed by atoms with Crippen molar-refractivity contribution in [3.63, 3.8) is 0 Å². The second-order valence-electron chi connectivity index (χ2n) is 4.10. The van der Waals surface area contributed by atoms with E-state index in [2.05, 4.69) is 5.32 Å². The number of hydrogen-bond donors (Lipinski definition) is 1. The normalized spacial score (nSPS) is 20.1. The van der Waals surface area contributed by atoms with Gasteiger partial charge in [0.25, 0.3) is 0 Å². The predicted octanol–water partition coefficient (Wildman–Crippen LogP) is 2.37. The van der Waals surface area contributed by atoms with Gasteiger partial charge in [0.05, 0.1) is 6.67 Å². The zero-order valence-corrected chi connectivity index (χ0v) is 10.8. The molecule has 2 rings (SSSR count). The second kappa shape index (κ2) is 5.83. The van der Waals surface area contributed by atoms with Crippen LogP contribution in [0.4, 0.5) is 13.2 Å². The Morgan fingerprint density at radius 2 is 2.00 bits per heavy atom. The minimum Gasteiger partial charge on any atom is -0.327 e. The van der Waals surface area contributed by atoms with Gasteiger partial charge in [-0.25, -0.2) is 0 Å². The number of rotatable bonds is 4. The Bertz CT molecular complexity index is 438. The summed E-state index contributed by atoms with van der Waals surface area (Å²) in [5.41, 5.74) is -3.41. The molecule has 1 N–H and O–H groups in total. The zero-order valence-electron chi connectivity index (χ0n) is 9.98. The summed E-state index contributed by atoms with van der Waals surface area (Å²) in [6, 6.07) is 8.70. The first-order chi connectivity index (χ1) is 8.97. The van der Waals surface area contributed by atoms with Crippen molar-refractivity contribution in [1.82, 2.24) is 10.2 Å². The van der Waals surface area contributed by atoms with Crippen molar-refractivity contribution in [3.05, 3.63) is 35.9 Å². The molecule has 1 aliphatic rings. The Kier molecular flexibility index (Phi) is 4.36. The second-order valence-corrected chi connectivity index (χ2v) is 5.26. The Morgan fingerprint density at radius 1 is 1.32 bits per heavy atom. The van der Waals surface area contributed by atoms with E-state index in [9.17, 15) is 18.0 Å². The van der Waals surface area contributed by atoms with Gasteiger partial charge >= 0.3 is 5.51 Å². The summed E-state index contributed by atoms with van der Waals surface area (Å²) in [6.07, 6.45) is 0. The number of hydrogen-bond acceptors (Lipinski definition) is 3. The molecule has 1 aromatic rings. The largest absolute Gasteiger partial charge is 0.441 e. The van der Waals surface area contributed by atoms with E-state index in [1.165, 1.54) is 4.90 Å². The van der Waals surface area contributed by atoms with Crippen LogP contribution in [-0.2, 0) is 4.79 Å². The van der Waals surface area contributed by atoms with E-state index in [0.717, 1.165) is 5.56 Å². The van der Waals surface area contributed by atoms with E-state index in [1.54, 1.807) is 0 Å². The van der Waals surface area contributed by atoms with Gasteiger partial charge in [-0.05, 0) is 17.3 Å². The third-order valence-corrected chi connectivity index (χ3v) is 3.52. The summed E-state index contributed by atoms with van der Waals surface area (Å²) in [6.45, 7) is 0.385. The van der Waals surface area contributed by atoms with Crippen molar-refractivity contribution in [2.45, 2.75) is 11.6 Å². The zero-order chi connectivity index (χ0) is 13.9. The molecular weight excluding hydrogens is 277 g/mol. The van der Waals surface area contributed by atoms with Crippen LogP contribution in [-0.4, -0.2) is 35.3 Å². The number of carbonyl (C=O) groups excluding carboxylic acids is 1. The summed E-state index contributed by atoms with van der Waals surface area (Å²) >= 11 is -0.102. The van der Waals surface area contributed by atoms with Gasteiger partial charge in [0.15, 0.2) is 0 Å². The van der Waals surface area contributed by atoms with Gasteiger partial charge in [0.1, 0.15) is 6.04 Å². The lowest BCUT2D eigenvalue weighted by molar-refractivity contribution is -0.128. The summed E-state index contributed by atoms with van der Waals surface area (Å²) < 4.78 is 36.0. The molecule has 1 unspecified atom stereocenters. The maximum atomic E-state index is 12.0. The molecule has 0 spiro atoms. The van der Waals surface area contributed by atoms with Gasteiger partial charge in [-0.2, -0.15) is 13.2 Å². The molecule has 0 radical (unpaired) electrons. The molecule has 1 saturated heterocycles. The molecular formula is C12H13F3N2OS. The first-order valence-corrected chi connectivity index (χ1v) is 6.74. The molecule has 1 aromatic carbocycles. The quantitative estimate of drug-likeness (QED) is 0.924. The number of thioether (sulfide) groups is 1. The minimum atomic E-state index is -4.24. The Morgan fingerprint density at radius 3 is 2.63 bits per heavy atom. The lowest BCUT2D eigenvalue weighted by Gasteiger charge is -2.15. The van der Waals surface area contributed by atoms with Gasteiger partial charge in [-0.1, -0.05) is 30.3 Å². The van der Waals surface area contributed by atoms with Crippen molar-refractivity contribution in [2.24, 2.45) is 0 Å². The third kappa shape index (κ3) is 3.87. The predicted molar refractivity (Wildman–Crippen MR) is 67.4 cm³/mol. The number of halogens is 3. The fraction of sp³-hybridized carbons (Fsp3) is 0.417. The molecule has 1 fully saturated rings. The van der Waals surface area contributed by atoms with Gasteiger partial charge in [-0.3, -0.25) is 10.1 Å². The first-order valence-electron chi connectivity index (χ1n) is 5.75. The van der Waals surface area contributed by atoms with Crippen molar-refractivity contribution in [2.75, 3.05) is 19.0 Å². The fourth-order valence-corrected chi connectivity index (χ4v) is 2.46. The maximum Gasteiger partial charge on any atom is 0.441 e. The van der Waals surface area contributed by atoms with E-state index in [1.807, 2.05) is 30.3 Å². The highest BCUT2D eigenvalue weighted by molar-refractivity contribution is 8.00. The number of amides is 1. The number of nitrogens with one attached hydrogen (secondary N) is 1. The Balaban J connectivity index is 1.88. The number of nitrogens with zero attached hydrogens (tertiary/aromatic N) is 1. The highest BCUT2D eigenvalue weighted by Crippen LogP contribution is 2.30. The Labute approximate surface area is 113 Å². The van der Waals surface area contributed by atoms with Crippen LogP contribution < -0.4 is 5.32 Å². The van der Waals surface area contributed by atoms with Crippen molar-refractivity contribution in [3.8, 4) is 0 Å². The van der Waals surface area contributed by atoms with Crippen molar-refractivity contribution >= 4 is 17.7 Å². The van der Waals surface area contributed by atoms with Crippen LogP contribution in [0.15, 0.2) is 30.3 Å². The average Bonchev–Trinajstić information content (AvgIpc) is 2.71. The van der Waals surface area contributed by atoms with Crippen LogP contribution >= 0.6 is 11.8 Å². The van der Waals surface area contributed by atoms with E-state index in [-0.39, 0.29) is 36.6 Å². The SMILES string of the molecule is O=C1C(c2ccccc2)NCN1CCSC(F)(F)F. The van der Waals surface area contributed by atoms with Crippen LogP contribution in [0.25, 0.3) is 0 Å². The fourth-order valence-electron chi connectivity index (χ4n) is 1.92. The van der Waals surface area contributed by atoms with Gasteiger partial charge in [0.2, 0.25) is 5.91 Å². The van der Waals surface area contributed by atoms with Gasteiger partial charge in [0, 0.05) is 12.3 Å².